The molecule has 0 radical (unpaired) electrons. The van der Waals surface area contributed by atoms with Crippen LogP contribution in [0.2, 0.25) is 15.1 Å². The molecule has 0 spiro atoms. The number of aliphatic carboxylic acids is 1. The van der Waals surface area contributed by atoms with Gasteiger partial charge in [-0.15, -0.1) is 0 Å². The second-order valence-electron chi connectivity index (χ2n) is 5.51. The highest BCUT2D eigenvalue weighted by Crippen LogP contribution is 2.35. The van der Waals surface area contributed by atoms with E-state index in [-0.39, 0.29) is 27.4 Å². The molecular weight excluding hydrogens is 403 g/mol. The number of carbonyl (C=O) groups is 2. The fourth-order valence-corrected chi connectivity index (χ4v) is 2.53. The molecule has 1 atom stereocenters. The van der Waals surface area contributed by atoms with Crippen LogP contribution in [0.1, 0.15) is 6.92 Å². The molecular formula is C17H15Cl3N2O4. The van der Waals surface area contributed by atoms with E-state index in [1.165, 1.54) is 19.1 Å². The molecule has 0 aromatic heterocycles. The monoisotopic (exact) mass is 416 g/mol. The lowest BCUT2D eigenvalue weighted by Crippen LogP contribution is -2.51. The molecule has 0 aliphatic heterocycles. The van der Waals surface area contributed by atoms with Crippen LogP contribution < -0.4 is 15.4 Å². The number of anilines is 1. The number of hydrogen-bond donors (Lipinski definition) is 3. The van der Waals surface area contributed by atoms with Crippen molar-refractivity contribution in [2.24, 2.45) is 0 Å². The number of rotatable bonds is 6. The highest BCUT2D eigenvalue weighted by Gasteiger charge is 2.36. The summed E-state index contributed by atoms with van der Waals surface area (Å²) in [6.07, 6.45) is 0. The number of carboxylic acids is 1. The van der Waals surface area contributed by atoms with Gasteiger partial charge in [0.2, 0.25) is 5.60 Å². The van der Waals surface area contributed by atoms with Gasteiger partial charge in [0.05, 0.1) is 21.6 Å². The number of halogens is 3. The molecule has 0 saturated carbocycles. The summed E-state index contributed by atoms with van der Waals surface area (Å²) in [6.45, 7) is 1.01. The zero-order chi connectivity index (χ0) is 19.3. The Hall–Kier alpha value is -2.15. The van der Waals surface area contributed by atoms with Crippen molar-refractivity contribution in [3.8, 4) is 5.75 Å². The SMILES string of the molecule is CC(CNC(=O)Nc1ccccc1)(Oc1cc(Cl)c(Cl)c(Cl)c1)C(=O)O. The fraction of sp³-hybridized carbons (Fsp3) is 0.176. The molecule has 3 N–H and O–H groups in total. The van der Waals surface area contributed by atoms with Gasteiger partial charge in [-0.1, -0.05) is 53.0 Å². The predicted molar refractivity (Wildman–Crippen MR) is 102 cm³/mol. The van der Waals surface area contributed by atoms with Gasteiger partial charge in [0.25, 0.3) is 0 Å². The van der Waals surface area contributed by atoms with Gasteiger partial charge in [0.15, 0.2) is 0 Å². The molecule has 0 aliphatic carbocycles. The number of benzene rings is 2. The number of urea groups is 1. The minimum atomic E-state index is -1.76. The highest BCUT2D eigenvalue weighted by molar-refractivity contribution is 6.48. The first-order chi connectivity index (χ1) is 12.2. The summed E-state index contributed by atoms with van der Waals surface area (Å²) in [5.41, 5.74) is -1.19. The summed E-state index contributed by atoms with van der Waals surface area (Å²) in [5, 5.41) is 14.9. The Morgan fingerprint density at radius 2 is 1.69 bits per heavy atom. The van der Waals surface area contributed by atoms with E-state index in [0.717, 1.165) is 0 Å². The summed E-state index contributed by atoms with van der Waals surface area (Å²) in [4.78, 5) is 23.6. The average molecular weight is 418 g/mol. The zero-order valence-electron chi connectivity index (χ0n) is 13.6. The topological polar surface area (TPSA) is 87.7 Å². The Labute approximate surface area is 165 Å². The molecule has 0 bridgehead atoms. The van der Waals surface area contributed by atoms with Crippen LogP contribution >= 0.6 is 34.8 Å². The first-order valence-corrected chi connectivity index (χ1v) is 8.51. The van der Waals surface area contributed by atoms with Crippen LogP contribution in [-0.4, -0.2) is 29.3 Å². The van der Waals surface area contributed by atoms with Gasteiger partial charge in [-0.3, -0.25) is 0 Å². The van der Waals surface area contributed by atoms with Crippen LogP contribution in [0.15, 0.2) is 42.5 Å². The molecule has 0 aliphatic rings. The van der Waals surface area contributed by atoms with Gasteiger partial charge in [-0.2, -0.15) is 0 Å². The largest absolute Gasteiger partial charge is 0.478 e. The van der Waals surface area contributed by atoms with Crippen molar-refractivity contribution >= 4 is 52.5 Å². The smallest absolute Gasteiger partial charge is 0.349 e. The standard InChI is InChI=1S/C17H15Cl3N2O4/c1-17(15(23)24,26-11-7-12(18)14(20)13(19)8-11)9-21-16(25)22-10-5-3-2-4-6-10/h2-8H,9H2,1H3,(H,23,24)(H2,21,22,25). The number of carboxylic acid groups (broad SMARTS) is 1. The van der Waals surface area contributed by atoms with Gasteiger partial charge in [0.1, 0.15) is 5.75 Å². The third-order valence-electron chi connectivity index (χ3n) is 3.37. The minimum Gasteiger partial charge on any atom is -0.478 e. The summed E-state index contributed by atoms with van der Waals surface area (Å²) in [5.74, 6) is -1.17. The lowest BCUT2D eigenvalue weighted by atomic mass is 10.1. The summed E-state index contributed by atoms with van der Waals surface area (Å²) >= 11 is 17.7. The number of carbonyl (C=O) groups excluding carboxylic acids is 1. The Morgan fingerprint density at radius 1 is 1.12 bits per heavy atom. The van der Waals surface area contributed by atoms with Crippen LogP contribution in [0, 0.1) is 0 Å². The second kappa shape index (κ2) is 8.49. The molecule has 9 heteroatoms. The minimum absolute atomic E-state index is 0.111. The van der Waals surface area contributed by atoms with Crippen LogP contribution in [0.4, 0.5) is 10.5 Å². The van der Waals surface area contributed by atoms with Crippen molar-refractivity contribution in [1.82, 2.24) is 5.32 Å². The molecule has 2 rings (SSSR count). The summed E-state index contributed by atoms with van der Waals surface area (Å²) < 4.78 is 5.51. The first kappa shape index (κ1) is 20.2. The van der Waals surface area contributed by atoms with Crippen molar-refractivity contribution in [3.05, 3.63) is 57.5 Å². The van der Waals surface area contributed by atoms with E-state index in [2.05, 4.69) is 10.6 Å². The maximum atomic E-state index is 12.0. The van der Waals surface area contributed by atoms with Gasteiger partial charge in [-0.05, 0) is 19.1 Å². The number of hydrogen-bond acceptors (Lipinski definition) is 3. The molecule has 6 nitrogen and oxygen atoms in total. The van der Waals surface area contributed by atoms with E-state index in [0.29, 0.717) is 5.69 Å². The van der Waals surface area contributed by atoms with Gasteiger partial charge in [0, 0.05) is 17.8 Å². The first-order valence-electron chi connectivity index (χ1n) is 7.38. The van der Waals surface area contributed by atoms with E-state index in [1.807, 2.05) is 0 Å². The number of nitrogens with one attached hydrogen (secondary N) is 2. The van der Waals surface area contributed by atoms with Crippen LogP contribution in [0.5, 0.6) is 5.75 Å². The molecule has 2 amide bonds. The van der Waals surface area contributed by atoms with Crippen molar-refractivity contribution < 1.29 is 19.4 Å². The van der Waals surface area contributed by atoms with E-state index >= 15 is 0 Å². The van der Waals surface area contributed by atoms with E-state index < -0.39 is 17.6 Å². The second-order valence-corrected chi connectivity index (χ2v) is 6.71. The number of para-hydroxylation sites is 1. The average Bonchev–Trinajstić information content (AvgIpc) is 2.58. The van der Waals surface area contributed by atoms with Gasteiger partial charge < -0.3 is 20.5 Å². The molecule has 2 aromatic rings. The van der Waals surface area contributed by atoms with Gasteiger partial charge >= 0.3 is 12.0 Å². The molecule has 0 heterocycles. The van der Waals surface area contributed by atoms with Crippen molar-refractivity contribution in [1.29, 1.82) is 0 Å². The number of ether oxygens (including phenoxy) is 1. The lowest BCUT2D eigenvalue weighted by Gasteiger charge is -2.27. The third-order valence-corrected chi connectivity index (χ3v) is 4.57. The maximum Gasteiger partial charge on any atom is 0.349 e. The lowest BCUT2D eigenvalue weighted by molar-refractivity contribution is -0.153. The summed E-state index contributed by atoms with van der Waals surface area (Å²) in [6, 6.07) is 10.8. The Balaban J connectivity index is 2.07. The Bertz CT molecular complexity index is 794. The summed E-state index contributed by atoms with van der Waals surface area (Å²) in [7, 11) is 0. The van der Waals surface area contributed by atoms with E-state index in [9.17, 15) is 14.7 Å². The van der Waals surface area contributed by atoms with Crippen LogP contribution in [-0.2, 0) is 4.79 Å². The van der Waals surface area contributed by atoms with E-state index in [1.54, 1.807) is 30.3 Å². The van der Waals surface area contributed by atoms with Crippen molar-refractivity contribution in [3.63, 3.8) is 0 Å². The maximum absolute atomic E-state index is 12.0. The Kier molecular flexibility index (Phi) is 6.58. The number of amides is 2. The predicted octanol–water partition coefficient (Wildman–Crippen LogP) is 4.69. The molecule has 0 fully saturated rings. The molecule has 138 valence electrons. The molecule has 2 aromatic carbocycles. The molecule has 1 unspecified atom stereocenters. The normalized spacial score (nSPS) is 12.8. The molecule has 26 heavy (non-hydrogen) atoms. The zero-order valence-corrected chi connectivity index (χ0v) is 15.8. The van der Waals surface area contributed by atoms with E-state index in [4.69, 9.17) is 39.5 Å². The van der Waals surface area contributed by atoms with Gasteiger partial charge in [-0.25, -0.2) is 9.59 Å². The van der Waals surface area contributed by atoms with Crippen molar-refractivity contribution in [2.45, 2.75) is 12.5 Å². The fourth-order valence-electron chi connectivity index (χ4n) is 1.95. The van der Waals surface area contributed by atoms with Crippen LogP contribution in [0.3, 0.4) is 0 Å². The third kappa shape index (κ3) is 5.17. The highest BCUT2D eigenvalue weighted by atomic mass is 35.5. The molecule has 0 saturated heterocycles. The van der Waals surface area contributed by atoms with Crippen LogP contribution in [0.25, 0.3) is 0 Å². The van der Waals surface area contributed by atoms with Crippen molar-refractivity contribution in [2.75, 3.05) is 11.9 Å². The Morgan fingerprint density at radius 3 is 2.23 bits per heavy atom. The quantitative estimate of drug-likeness (QED) is 0.595.